The largest absolute Gasteiger partial charge is 0.469 e. The summed E-state index contributed by atoms with van der Waals surface area (Å²) in [6.07, 6.45) is 3.43. The smallest absolute Gasteiger partial charge is 0.305 e. The van der Waals surface area contributed by atoms with Crippen LogP contribution in [-0.2, 0) is 14.3 Å². The Labute approximate surface area is 109 Å². The Balaban J connectivity index is 2.08. The first-order valence-electron chi connectivity index (χ1n) is 6.67. The molecule has 0 saturated carbocycles. The number of nitrogens with zero attached hydrogens (tertiary/aromatic N) is 1. The Bertz CT molecular complexity index is 281. The van der Waals surface area contributed by atoms with Gasteiger partial charge in [-0.1, -0.05) is 6.92 Å². The zero-order valence-electron chi connectivity index (χ0n) is 11.4. The normalized spacial score (nSPS) is 20.4. The van der Waals surface area contributed by atoms with Gasteiger partial charge < -0.3 is 10.1 Å². The van der Waals surface area contributed by atoms with Gasteiger partial charge in [0.2, 0.25) is 5.91 Å². The quantitative estimate of drug-likeness (QED) is 0.564. The van der Waals surface area contributed by atoms with Crippen molar-refractivity contribution in [1.29, 1.82) is 0 Å². The van der Waals surface area contributed by atoms with Crippen molar-refractivity contribution in [2.24, 2.45) is 5.92 Å². The van der Waals surface area contributed by atoms with Crippen LogP contribution in [0.3, 0.4) is 0 Å². The fourth-order valence-electron chi connectivity index (χ4n) is 2.25. The molecule has 0 bridgehead atoms. The molecule has 0 radical (unpaired) electrons. The van der Waals surface area contributed by atoms with E-state index >= 15 is 0 Å². The van der Waals surface area contributed by atoms with Crippen molar-refractivity contribution in [3.63, 3.8) is 0 Å². The number of nitrogens with one attached hydrogen (secondary N) is 1. The molecule has 1 atom stereocenters. The number of ether oxygens (including phenoxy) is 1. The third-order valence-electron chi connectivity index (χ3n) is 3.22. The zero-order valence-corrected chi connectivity index (χ0v) is 11.4. The SMILES string of the molecule is COC(=O)CCCNC(=O)CN1CCC[C@@H](C)C1. The monoisotopic (exact) mass is 256 g/mol. The molecule has 5 nitrogen and oxygen atoms in total. The molecule has 1 rings (SSSR count). The summed E-state index contributed by atoms with van der Waals surface area (Å²) in [4.78, 5) is 24.7. The lowest BCUT2D eigenvalue weighted by Gasteiger charge is -2.30. The van der Waals surface area contributed by atoms with Gasteiger partial charge in [0.05, 0.1) is 13.7 Å². The van der Waals surface area contributed by atoms with Crippen LogP contribution < -0.4 is 5.32 Å². The molecule has 1 aliphatic rings. The van der Waals surface area contributed by atoms with E-state index in [1.165, 1.54) is 20.0 Å². The van der Waals surface area contributed by atoms with Crippen molar-refractivity contribution in [3.05, 3.63) is 0 Å². The topological polar surface area (TPSA) is 58.6 Å². The first kappa shape index (κ1) is 15.0. The minimum atomic E-state index is -0.228. The lowest BCUT2D eigenvalue weighted by atomic mass is 10.0. The molecule has 104 valence electrons. The summed E-state index contributed by atoms with van der Waals surface area (Å²) in [6.45, 7) is 5.26. The van der Waals surface area contributed by atoms with Gasteiger partial charge in [-0.15, -0.1) is 0 Å². The lowest BCUT2D eigenvalue weighted by molar-refractivity contribution is -0.140. The fourth-order valence-corrected chi connectivity index (χ4v) is 2.25. The van der Waals surface area contributed by atoms with Gasteiger partial charge in [0.15, 0.2) is 0 Å². The molecule has 0 unspecified atom stereocenters. The molecule has 1 N–H and O–H groups in total. The lowest BCUT2D eigenvalue weighted by Crippen LogP contribution is -2.42. The molecule has 18 heavy (non-hydrogen) atoms. The van der Waals surface area contributed by atoms with Crippen LogP contribution in [0.15, 0.2) is 0 Å². The van der Waals surface area contributed by atoms with E-state index in [0.29, 0.717) is 31.8 Å². The third kappa shape index (κ3) is 6.00. The van der Waals surface area contributed by atoms with Crippen LogP contribution in [0.4, 0.5) is 0 Å². The summed E-state index contributed by atoms with van der Waals surface area (Å²) in [7, 11) is 1.37. The van der Waals surface area contributed by atoms with E-state index in [1.807, 2.05) is 0 Å². The minimum Gasteiger partial charge on any atom is -0.469 e. The molecular weight excluding hydrogens is 232 g/mol. The van der Waals surface area contributed by atoms with E-state index in [9.17, 15) is 9.59 Å². The van der Waals surface area contributed by atoms with Crippen LogP contribution in [0.25, 0.3) is 0 Å². The number of hydrogen-bond acceptors (Lipinski definition) is 4. The van der Waals surface area contributed by atoms with Gasteiger partial charge in [0.1, 0.15) is 0 Å². The Kier molecular flexibility index (Phi) is 6.72. The van der Waals surface area contributed by atoms with E-state index in [-0.39, 0.29) is 11.9 Å². The Hall–Kier alpha value is -1.10. The molecular formula is C13H24N2O3. The molecule has 0 aromatic heterocycles. The summed E-state index contributed by atoms with van der Waals surface area (Å²) < 4.78 is 4.53. The third-order valence-corrected chi connectivity index (χ3v) is 3.22. The van der Waals surface area contributed by atoms with Gasteiger partial charge in [-0.05, 0) is 31.7 Å². The van der Waals surface area contributed by atoms with Crippen molar-refractivity contribution in [1.82, 2.24) is 10.2 Å². The predicted octanol–water partition coefficient (Wildman–Crippen LogP) is 0.788. The van der Waals surface area contributed by atoms with E-state index in [4.69, 9.17) is 0 Å². The number of likely N-dealkylation sites (tertiary alicyclic amines) is 1. The average molecular weight is 256 g/mol. The summed E-state index contributed by atoms with van der Waals surface area (Å²) in [6, 6.07) is 0. The van der Waals surface area contributed by atoms with Gasteiger partial charge in [-0.3, -0.25) is 14.5 Å². The number of rotatable bonds is 6. The van der Waals surface area contributed by atoms with Crippen LogP contribution in [0.5, 0.6) is 0 Å². The van der Waals surface area contributed by atoms with Crippen LogP contribution in [0, 0.1) is 5.92 Å². The van der Waals surface area contributed by atoms with E-state index in [2.05, 4.69) is 21.9 Å². The molecule has 1 amide bonds. The molecule has 1 aliphatic heterocycles. The summed E-state index contributed by atoms with van der Waals surface area (Å²) in [5, 5.41) is 2.84. The number of carbonyl (C=O) groups excluding carboxylic acids is 2. The fraction of sp³-hybridized carbons (Fsp3) is 0.846. The van der Waals surface area contributed by atoms with Crippen LogP contribution in [0.1, 0.15) is 32.6 Å². The standard InChI is InChI=1S/C13H24N2O3/c1-11-5-4-8-15(9-11)10-12(16)14-7-3-6-13(17)18-2/h11H,3-10H2,1-2H3,(H,14,16)/t11-/m1/s1. The maximum Gasteiger partial charge on any atom is 0.305 e. The highest BCUT2D eigenvalue weighted by atomic mass is 16.5. The first-order valence-corrected chi connectivity index (χ1v) is 6.67. The Morgan fingerprint density at radius 3 is 2.89 bits per heavy atom. The Morgan fingerprint density at radius 1 is 1.44 bits per heavy atom. The summed E-state index contributed by atoms with van der Waals surface area (Å²) in [5.41, 5.74) is 0. The molecule has 0 aromatic carbocycles. The van der Waals surface area contributed by atoms with Crippen molar-refractivity contribution in [3.8, 4) is 0 Å². The number of hydrogen-bond donors (Lipinski definition) is 1. The van der Waals surface area contributed by atoms with Gasteiger partial charge in [-0.25, -0.2) is 0 Å². The van der Waals surface area contributed by atoms with Crippen molar-refractivity contribution < 1.29 is 14.3 Å². The zero-order chi connectivity index (χ0) is 13.4. The molecule has 0 aromatic rings. The second kappa shape index (κ2) is 8.08. The molecule has 5 heteroatoms. The van der Waals surface area contributed by atoms with E-state index in [1.54, 1.807) is 0 Å². The maximum absolute atomic E-state index is 11.7. The van der Waals surface area contributed by atoms with E-state index in [0.717, 1.165) is 13.1 Å². The number of piperidine rings is 1. The maximum atomic E-state index is 11.7. The summed E-state index contributed by atoms with van der Waals surface area (Å²) in [5.74, 6) is 0.508. The molecule has 0 aliphatic carbocycles. The van der Waals surface area contributed by atoms with Crippen LogP contribution in [-0.4, -0.2) is 50.1 Å². The Morgan fingerprint density at radius 2 is 2.22 bits per heavy atom. The van der Waals surface area contributed by atoms with Gasteiger partial charge >= 0.3 is 5.97 Å². The second-order valence-corrected chi connectivity index (χ2v) is 5.01. The minimum absolute atomic E-state index is 0.0500. The van der Waals surface area contributed by atoms with E-state index < -0.39 is 0 Å². The predicted molar refractivity (Wildman–Crippen MR) is 69.1 cm³/mol. The second-order valence-electron chi connectivity index (χ2n) is 5.01. The van der Waals surface area contributed by atoms with Gasteiger partial charge in [0.25, 0.3) is 0 Å². The van der Waals surface area contributed by atoms with Crippen molar-refractivity contribution in [2.75, 3.05) is 33.3 Å². The highest BCUT2D eigenvalue weighted by molar-refractivity contribution is 5.78. The number of amides is 1. The average Bonchev–Trinajstić information content (AvgIpc) is 2.34. The number of methoxy groups -OCH3 is 1. The van der Waals surface area contributed by atoms with Crippen molar-refractivity contribution in [2.45, 2.75) is 32.6 Å². The molecule has 1 heterocycles. The number of esters is 1. The molecule has 1 fully saturated rings. The van der Waals surface area contributed by atoms with Crippen LogP contribution >= 0.6 is 0 Å². The molecule has 0 spiro atoms. The first-order chi connectivity index (χ1) is 8.61. The van der Waals surface area contributed by atoms with Gasteiger partial charge in [0, 0.05) is 19.5 Å². The summed E-state index contributed by atoms with van der Waals surface area (Å²) >= 11 is 0. The van der Waals surface area contributed by atoms with Gasteiger partial charge in [-0.2, -0.15) is 0 Å². The number of carbonyl (C=O) groups is 2. The van der Waals surface area contributed by atoms with Crippen LogP contribution in [0.2, 0.25) is 0 Å². The molecule has 1 saturated heterocycles. The van der Waals surface area contributed by atoms with Crippen molar-refractivity contribution >= 4 is 11.9 Å². The highest BCUT2D eigenvalue weighted by Gasteiger charge is 2.18. The highest BCUT2D eigenvalue weighted by Crippen LogP contribution is 2.14.